The number of amides is 1. The summed E-state index contributed by atoms with van der Waals surface area (Å²) in [5.74, 6) is 0.469. The van der Waals surface area contributed by atoms with Gasteiger partial charge in [0.15, 0.2) is 10.8 Å². The predicted molar refractivity (Wildman–Crippen MR) is 119 cm³/mol. The van der Waals surface area contributed by atoms with Crippen molar-refractivity contribution in [1.82, 2.24) is 19.7 Å². The maximum Gasteiger partial charge on any atom is 0.280 e. The largest absolute Gasteiger partial charge is 0.494 e. The smallest absolute Gasteiger partial charge is 0.280 e. The third-order valence-electron chi connectivity index (χ3n) is 4.86. The maximum absolute atomic E-state index is 13.3. The molecule has 0 aliphatic rings. The summed E-state index contributed by atoms with van der Waals surface area (Å²) in [4.78, 5) is 22.0. The Bertz CT molecular complexity index is 983. The van der Waals surface area contributed by atoms with E-state index in [2.05, 4.69) is 23.8 Å². The average molecular weight is 436 g/mol. The fourth-order valence-corrected chi connectivity index (χ4v) is 4.36. The topological polar surface area (TPSA) is 63.5 Å². The summed E-state index contributed by atoms with van der Waals surface area (Å²) in [6.45, 7) is 10.0. The molecular formula is C20H26ClN5O2S. The zero-order chi connectivity index (χ0) is 21.0. The molecule has 0 saturated heterocycles. The second-order valence-electron chi connectivity index (χ2n) is 6.46. The SMILES string of the molecule is CCN(CC)CCN(C(=O)c1ccn(CC)n1)c1nc2c(OC)ccc(Cl)c2s1. The molecular weight excluding hydrogens is 410 g/mol. The molecule has 0 bridgehead atoms. The monoisotopic (exact) mass is 435 g/mol. The number of halogens is 1. The number of ether oxygens (including phenoxy) is 1. The number of methoxy groups -OCH3 is 1. The minimum atomic E-state index is -0.168. The van der Waals surface area contributed by atoms with E-state index in [1.54, 1.807) is 34.9 Å². The van der Waals surface area contributed by atoms with Gasteiger partial charge in [0.05, 0.1) is 16.8 Å². The summed E-state index contributed by atoms with van der Waals surface area (Å²) >= 11 is 7.78. The zero-order valence-corrected chi connectivity index (χ0v) is 18.8. The van der Waals surface area contributed by atoms with Crippen LogP contribution in [-0.2, 0) is 6.54 Å². The van der Waals surface area contributed by atoms with E-state index < -0.39 is 0 Å². The lowest BCUT2D eigenvalue weighted by atomic mass is 10.3. The van der Waals surface area contributed by atoms with Gasteiger partial charge in [0.1, 0.15) is 11.3 Å². The first-order valence-corrected chi connectivity index (χ1v) is 10.9. The van der Waals surface area contributed by atoms with Crippen LogP contribution >= 0.6 is 22.9 Å². The third-order valence-corrected chi connectivity index (χ3v) is 6.40. The van der Waals surface area contributed by atoms with Crippen LogP contribution in [-0.4, -0.2) is 58.9 Å². The Kier molecular flexibility index (Phi) is 7.10. The number of benzene rings is 1. The van der Waals surface area contributed by atoms with Crippen LogP contribution < -0.4 is 9.64 Å². The summed E-state index contributed by atoms with van der Waals surface area (Å²) in [5, 5.41) is 5.57. The van der Waals surface area contributed by atoms with Gasteiger partial charge in [0.25, 0.3) is 5.91 Å². The molecule has 29 heavy (non-hydrogen) atoms. The molecule has 0 unspecified atom stereocenters. The van der Waals surface area contributed by atoms with E-state index in [0.29, 0.717) is 40.2 Å². The molecule has 0 aliphatic carbocycles. The third kappa shape index (κ3) is 4.55. The normalized spacial score (nSPS) is 11.4. The van der Waals surface area contributed by atoms with Crippen LogP contribution in [0.4, 0.5) is 5.13 Å². The lowest BCUT2D eigenvalue weighted by Gasteiger charge is -2.24. The first kappa shape index (κ1) is 21.5. The number of carbonyl (C=O) groups excluding carboxylic acids is 1. The predicted octanol–water partition coefficient (Wildman–Crippen LogP) is 4.16. The Morgan fingerprint density at radius 2 is 1.97 bits per heavy atom. The Labute approximate surface area is 179 Å². The summed E-state index contributed by atoms with van der Waals surface area (Å²) in [7, 11) is 1.60. The number of anilines is 1. The molecule has 2 aromatic heterocycles. The van der Waals surface area contributed by atoms with Gasteiger partial charge in [-0.3, -0.25) is 14.4 Å². The summed E-state index contributed by atoms with van der Waals surface area (Å²) < 4.78 is 7.98. The number of nitrogens with zero attached hydrogens (tertiary/aromatic N) is 5. The molecule has 0 saturated carbocycles. The van der Waals surface area contributed by atoms with Gasteiger partial charge in [0.2, 0.25) is 0 Å². The van der Waals surface area contributed by atoms with Crippen molar-refractivity contribution in [1.29, 1.82) is 0 Å². The number of hydrogen-bond acceptors (Lipinski definition) is 6. The number of hydrogen-bond donors (Lipinski definition) is 0. The zero-order valence-electron chi connectivity index (χ0n) is 17.2. The number of rotatable bonds is 9. The molecule has 1 aromatic carbocycles. The molecule has 0 fully saturated rings. The van der Waals surface area contributed by atoms with Crippen molar-refractivity contribution in [2.45, 2.75) is 27.3 Å². The van der Waals surface area contributed by atoms with E-state index in [1.807, 2.05) is 13.1 Å². The van der Waals surface area contributed by atoms with Crippen LogP contribution in [0.3, 0.4) is 0 Å². The highest BCUT2D eigenvalue weighted by Gasteiger charge is 2.25. The van der Waals surface area contributed by atoms with Gasteiger partial charge in [-0.15, -0.1) is 0 Å². The fraction of sp³-hybridized carbons (Fsp3) is 0.450. The quantitative estimate of drug-likeness (QED) is 0.505. The van der Waals surface area contributed by atoms with E-state index in [4.69, 9.17) is 21.3 Å². The molecule has 1 amide bonds. The molecule has 0 aliphatic heterocycles. The first-order chi connectivity index (χ1) is 14.0. The number of aryl methyl sites for hydroxylation is 1. The lowest BCUT2D eigenvalue weighted by molar-refractivity contribution is 0.0978. The molecule has 0 radical (unpaired) electrons. The van der Waals surface area contributed by atoms with Gasteiger partial charge >= 0.3 is 0 Å². The van der Waals surface area contributed by atoms with Gasteiger partial charge in [-0.2, -0.15) is 5.10 Å². The standard InChI is InChI=1S/C20H26ClN5O2S/c1-5-24(6-2)12-13-26(19(27)15-10-11-25(7-3)23-15)20-22-17-16(28-4)9-8-14(21)18(17)29-20/h8-11H,5-7,12-13H2,1-4H3. The number of thiazole rings is 1. The Morgan fingerprint density at radius 3 is 2.59 bits per heavy atom. The lowest BCUT2D eigenvalue weighted by Crippen LogP contribution is -2.39. The molecule has 3 aromatic rings. The Morgan fingerprint density at radius 1 is 1.21 bits per heavy atom. The van der Waals surface area contributed by atoms with Crippen molar-refractivity contribution in [3.63, 3.8) is 0 Å². The number of likely N-dealkylation sites (N-methyl/N-ethyl adjacent to an activating group) is 1. The van der Waals surface area contributed by atoms with E-state index >= 15 is 0 Å². The molecule has 7 nitrogen and oxygen atoms in total. The second kappa shape index (κ2) is 9.56. The van der Waals surface area contributed by atoms with Gasteiger partial charge in [-0.1, -0.05) is 36.8 Å². The van der Waals surface area contributed by atoms with Crippen LogP contribution in [0.1, 0.15) is 31.3 Å². The van der Waals surface area contributed by atoms with Crippen molar-refractivity contribution in [2.24, 2.45) is 0 Å². The van der Waals surface area contributed by atoms with Crippen LogP contribution in [0.5, 0.6) is 5.75 Å². The van der Waals surface area contributed by atoms with Gasteiger partial charge in [-0.25, -0.2) is 4.98 Å². The molecule has 9 heteroatoms. The summed E-state index contributed by atoms with van der Waals surface area (Å²) in [5.41, 5.74) is 1.07. The molecule has 0 atom stereocenters. The summed E-state index contributed by atoms with van der Waals surface area (Å²) in [6, 6.07) is 5.33. The van der Waals surface area contributed by atoms with E-state index in [9.17, 15) is 4.79 Å². The van der Waals surface area contributed by atoms with Crippen LogP contribution in [0.2, 0.25) is 5.02 Å². The van der Waals surface area contributed by atoms with Crippen molar-refractivity contribution in [3.05, 3.63) is 35.1 Å². The fourth-order valence-electron chi connectivity index (χ4n) is 3.08. The van der Waals surface area contributed by atoms with Crippen molar-refractivity contribution >= 4 is 44.2 Å². The van der Waals surface area contributed by atoms with E-state index in [1.165, 1.54) is 11.3 Å². The molecule has 0 spiro atoms. The van der Waals surface area contributed by atoms with Crippen LogP contribution in [0.25, 0.3) is 10.2 Å². The molecule has 0 N–H and O–H groups in total. The first-order valence-electron chi connectivity index (χ1n) is 9.73. The number of fused-ring (bicyclic) bond motifs is 1. The molecule has 156 valence electrons. The van der Waals surface area contributed by atoms with Crippen LogP contribution in [0, 0.1) is 0 Å². The summed E-state index contributed by atoms with van der Waals surface area (Å²) in [6.07, 6.45) is 1.81. The maximum atomic E-state index is 13.3. The highest BCUT2D eigenvalue weighted by Crippen LogP contribution is 2.39. The van der Waals surface area contributed by atoms with Crippen LogP contribution in [0.15, 0.2) is 24.4 Å². The van der Waals surface area contributed by atoms with E-state index in [-0.39, 0.29) is 5.91 Å². The highest BCUT2D eigenvalue weighted by atomic mass is 35.5. The van der Waals surface area contributed by atoms with Crippen molar-refractivity contribution in [3.8, 4) is 5.75 Å². The average Bonchev–Trinajstić information content (AvgIpc) is 3.39. The minimum absolute atomic E-state index is 0.168. The van der Waals surface area contributed by atoms with Crippen molar-refractivity contribution < 1.29 is 9.53 Å². The highest BCUT2D eigenvalue weighted by molar-refractivity contribution is 7.23. The second-order valence-corrected chi connectivity index (χ2v) is 7.85. The Balaban J connectivity index is 2.01. The van der Waals surface area contributed by atoms with E-state index in [0.717, 1.165) is 24.3 Å². The molecule has 3 rings (SSSR count). The number of carbonyl (C=O) groups is 1. The minimum Gasteiger partial charge on any atom is -0.494 e. The van der Waals surface area contributed by atoms with Crippen molar-refractivity contribution in [2.75, 3.05) is 38.2 Å². The Hall–Kier alpha value is -2.16. The number of aromatic nitrogens is 3. The van der Waals surface area contributed by atoms with Gasteiger partial charge < -0.3 is 9.64 Å². The van der Waals surface area contributed by atoms with Gasteiger partial charge in [-0.05, 0) is 38.2 Å². The van der Waals surface area contributed by atoms with Gasteiger partial charge in [0, 0.05) is 25.8 Å². The molecule has 2 heterocycles.